The van der Waals surface area contributed by atoms with Gasteiger partial charge in [0.05, 0.1) is 5.92 Å². The molecule has 2 aliphatic heterocycles. The molecule has 128 valence electrons. The summed E-state index contributed by atoms with van der Waals surface area (Å²) in [5.41, 5.74) is 1.57. The van der Waals surface area contributed by atoms with E-state index >= 15 is 0 Å². The summed E-state index contributed by atoms with van der Waals surface area (Å²) < 4.78 is 0. The Kier molecular flexibility index (Phi) is 4.94. The number of benzene rings is 1. The van der Waals surface area contributed by atoms with Crippen molar-refractivity contribution in [1.82, 2.24) is 16.0 Å². The summed E-state index contributed by atoms with van der Waals surface area (Å²) in [6, 6.07) is 7.70. The molecule has 0 aliphatic carbocycles. The summed E-state index contributed by atoms with van der Waals surface area (Å²) in [4.78, 5) is 35.2. The van der Waals surface area contributed by atoms with Gasteiger partial charge >= 0.3 is 0 Å². The van der Waals surface area contributed by atoms with E-state index in [-0.39, 0.29) is 42.1 Å². The van der Waals surface area contributed by atoms with Crippen molar-refractivity contribution in [1.29, 1.82) is 0 Å². The molecule has 0 spiro atoms. The van der Waals surface area contributed by atoms with E-state index in [1.807, 2.05) is 12.1 Å². The first-order chi connectivity index (χ1) is 11.5. The van der Waals surface area contributed by atoms with Gasteiger partial charge in [0, 0.05) is 24.1 Å². The fourth-order valence-electron chi connectivity index (χ4n) is 3.34. The number of imide groups is 1. The van der Waals surface area contributed by atoms with Crippen molar-refractivity contribution in [2.45, 2.75) is 44.7 Å². The number of carbonyl (C=O) groups excluding carboxylic acids is 3. The molecule has 1 aromatic rings. The zero-order valence-electron chi connectivity index (χ0n) is 13.8. The minimum atomic E-state index is -0.300. The van der Waals surface area contributed by atoms with Crippen LogP contribution in [0.3, 0.4) is 0 Å². The van der Waals surface area contributed by atoms with Crippen molar-refractivity contribution in [2.75, 3.05) is 6.54 Å². The molecule has 2 saturated heterocycles. The Morgan fingerprint density at radius 2 is 2.00 bits per heavy atom. The lowest BCUT2D eigenvalue weighted by molar-refractivity contribution is -0.125. The van der Waals surface area contributed by atoms with Gasteiger partial charge in [-0.3, -0.25) is 19.7 Å². The van der Waals surface area contributed by atoms with Gasteiger partial charge in [0.15, 0.2) is 0 Å². The van der Waals surface area contributed by atoms with E-state index in [1.165, 1.54) is 0 Å². The highest BCUT2D eigenvalue weighted by molar-refractivity contribution is 6.03. The van der Waals surface area contributed by atoms with Crippen LogP contribution in [0.15, 0.2) is 24.3 Å². The van der Waals surface area contributed by atoms with Crippen molar-refractivity contribution < 1.29 is 14.4 Å². The third-order valence-corrected chi connectivity index (χ3v) is 4.84. The molecular formula is C18H23N3O3. The number of hydrogen-bond donors (Lipinski definition) is 3. The van der Waals surface area contributed by atoms with Gasteiger partial charge in [0.2, 0.25) is 11.8 Å². The van der Waals surface area contributed by atoms with Crippen molar-refractivity contribution in [2.24, 2.45) is 5.92 Å². The van der Waals surface area contributed by atoms with Crippen LogP contribution < -0.4 is 16.0 Å². The minimum Gasteiger partial charge on any atom is -0.348 e. The summed E-state index contributed by atoms with van der Waals surface area (Å²) in [7, 11) is 0. The van der Waals surface area contributed by atoms with Crippen LogP contribution >= 0.6 is 0 Å². The molecule has 6 heteroatoms. The SMILES string of the molecule is CC1NCCCC1NC(=O)c1ccc(CC2CC(=O)NC2=O)cc1. The fourth-order valence-corrected chi connectivity index (χ4v) is 3.34. The van der Waals surface area contributed by atoms with Crippen molar-refractivity contribution >= 4 is 17.7 Å². The van der Waals surface area contributed by atoms with Gasteiger partial charge in [-0.05, 0) is 50.4 Å². The van der Waals surface area contributed by atoms with Crippen LogP contribution in [0, 0.1) is 5.92 Å². The summed E-state index contributed by atoms with van der Waals surface area (Å²) in [5, 5.41) is 8.76. The molecule has 2 heterocycles. The standard InChI is InChI=1S/C18H23N3O3/c1-11-15(3-2-8-19-11)20-17(23)13-6-4-12(5-7-13)9-14-10-16(22)21-18(14)24/h4-7,11,14-15,19H,2-3,8-10H2,1H3,(H,20,23)(H,21,22,24). The average Bonchev–Trinajstić information content (AvgIpc) is 2.88. The molecule has 0 bridgehead atoms. The maximum absolute atomic E-state index is 12.4. The Hall–Kier alpha value is -2.21. The quantitative estimate of drug-likeness (QED) is 0.712. The first-order valence-electron chi connectivity index (χ1n) is 8.50. The predicted octanol–water partition coefficient (Wildman–Crippen LogP) is 0.762. The van der Waals surface area contributed by atoms with E-state index < -0.39 is 0 Å². The van der Waals surface area contributed by atoms with Crippen LogP contribution in [0.2, 0.25) is 0 Å². The summed E-state index contributed by atoms with van der Waals surface area (Å²) >= 11 is 0. The topological polar surface area (TPSA) is 87.3 Å². The molecule has 2 aliphatic rings. The molecule has 6 nitrogen and oxygen atoms in total. The number of carbonyl (C=O) groups is 3. The average molecular weight is 329 g/mol. The number of nitrogens with one attached hydrogen (secondary N) is 3. The van der Waals surface area contributed by atoms with Crippen LogP contribution in [0.5, 0.6) is 0 Å². The second-order valence-electron chi connectivity index (χ2n) is 6.68. The minimum absolute atomic E-state index is 0.0733. The Morgan fingerprint density at radius 3 is 2.62 bits per heavy atom. The van der Waals surface area contributed by atoms with E-state index in [1.54, 1.807) is 12.1 Å². The van der Waals surface area contributed by atoms with Crippen molar-refractivity contribution in [3.63, 3.8) is 0 Å². The van der Waals surface area contributed by atoms with E-state index in [9.17, 15) is 14.4 Å². The fraction of sp³-hybridized carbons (Fsp3) is 0.500. The molecule has 3 N–H and O–H groups in total. The maximum Gasteiger partial charge on any atom is 0.251 e. The van der Waals surface area contributed by atoms with E-state index in [0.29, 0.717) is 12.0 Å². The van der Waals surface area contributed by atoms with Crippen molar-refractivity contribution in [3.8, 4) is 0 Å². The van der Waals surface area contributed by atoms with Crippen LogP contribution in [-0.2, 0) is 16.0 Å². The van der Waals surface area contributed by atoms with Crippen LogP contribution in [0.1, 0.15) is 42.1 Å². The molecule has 3 rings (SSSR count). The monoisotopic (exact) mass is 329 g/mol. The highest BCUT2D eigenvalue weighted by Gasteiger charge is 2.30. The lowest BCUT2D eigenvalue weighted by atomic mass is 9.96. The molecule has 2 fully saturated rings. The zero-order valence-corrected chi connectivity index (χ0v) is 13.8. The highest BCUT2D eigenvalue weighted by Crippen LogP contribution is 2.18. The molecule has 3 unspecified atom stereocenters. The normalized spacial score (nSPS) is 27.0. The van der Waals surface area contributed by atoms with E-state index in [4.69, 9.17) is 0 Å². The molecule has 3 amide bonds. The lowest BCUT2D eigenvalue weighted by Crippen LogP contribution is -2.51. The zero-order chi connectivity index (χ0) is 17.1. The van der Waals surface area contributed by atoms with E-state index in [2.05, 4.69) is 22.9 Å². The molecule has 0 aromatic heterocycles. The smallest absolute Gasteiger partial charge is 0.251 e. The Balaban J connectivity index is 1.58. The second kappa shape index (κ2) is 7.13. The molecular weight excluding hydrogens is 306 g/mol. The lowest BCUT2D eigenvalue weighted by Gasteiger charge is -2.30. The summed E-state index contributed by atoms with van der Waals surface area (Å²) in [5.74, 6) is -0.793. The highest BCUT2D eigenvalue weighted by atomic mass is 16.2. The molecule has 0 radical (unpaired) electrons. The van der Waals surface area contributed by atoms with Gasteiger partial charge in [-0.25, -0.2) is 0 Å². The number of amides is 3. The second-order valence-corrected chi connectivity index (χ2v) is 6.68. The largest absolute Gasteiger partial charge is 0.348 e. The number of piperidine rings is 1. The Morgan fingerprint density at radius 1 is 1.25 bits per heavy atom. The van der Waals surface area contributed by atoms with Gasteiger partial charge in [-0.15, -0.1) is 0 Å². The Labute approximate surface area is 141 Å². The molecule has 1 aromatic carbocycles. The summed E-state index contributed by atoms with van der Waals surface area (Å²) in [6.45, 7) is 3.08. The van der Waals surface area contributed by atoms with Gasteiger partial charge in [0.25, 0.3) is 5.91 Å². The molecule has 24 heavy (non-hydrogen) atoms. The van der Waals surface area contributed by atoms with Crippen LogP contribution in [-0.4, -0.2) is 36.3 Å². The number of rotatable bonds is 4. The predicted molar refractivity (Wildman–Crippen MR) is 89.4 cm³/mol. The third kappa shape index (κ3) is 3.82. The van der Waals surface area contributed by atoms with Crippen LogP contribution in [0.25, 0.3) is 0 Å². The van der Waals surface area contributed by atoms with Crippen LogP contribution in [0.4, 0.5) is 0 Å². The number of hydrogen-bond acceptors (Lipinski definition) is 4. The molecule has 3 atom stereocenters. The van der Waals surface area contributed by atoms with Gasteiger partial charge in [-0.2, -0.15) is 0 Å². The third-order valence-electron chi connectivity index (χ3n) is 4.84. The molecule has 0 saturated carbocycles. The van der Waals surface area contributed by atoms with E-state index in [0.717, 1.165) is 24.9 Å². The summed E-state index contributed by atoms with van der Waals surface area (Å²) in [6.07, 6.45) is 2.82. The van der Waals surface area contributed by atoms with Crippen molar-refractivity contribution in [3.05, 3.63) is 35.4 Å². The van der Waals surface area contributed by atoms with Gasteiger partial charge in [0.1, 0.15) is 0 Å². The first-order valence-corrected chi connectivity index (χ1v) is 8.50. The van der Waals surface area contributed by atoms with Gasteiger partial charge in [-0.1, -0.05) is 12.1 Å². The Bertz CT molecular complexity index is 641. The maximum atomic E-state index is 12.4. The van der Waals surface area contributed by atoms with Gasteiger partial charge < -0.3 is 10.6 Å². The first kappa shape index (κ1) is 16.6.